The summed E-state index contributed by atoms with van der Waals surface area (Å²) in [5, 5.41) is 0.177. The van der Waals surface area contributed by atoms with Crippen LogP contribution in [0.25, 0.3) is 11.0 Å². The number of hydrogen-bond acceptors (Lipinski definition) is 5. The minimum absolute atomic E-state index is 0.0175. The second-order valence-electron chi connectivity index (χ2n) is 4.72. The van der Waals surface area contributed by atoms with Gasteiger partial charge < -0.3 is 0 Å². The Kier molecular flexibility index (Phi) is 3.86. The fourth-order valence-corrected chi connectivity index (χ4v) is 3.13. The second-order valence-corrected chi connectivity index (χ2v) is 6.56. The number of rotatable bonds is 4. The monoisotopic (exact) mass is 312 g/mol. The zero-order valence-electron chi connectivity index (χ0n) is 12.0. The molecule has 0 bridgehead atoms. The summed E-state index contributed by atoms with van der Waals surface area (Å²) in [7, 11) is -0.605. The van der Waals surface area contributed by atoms with E-state index >= 15 is 0 Å². The number of pyridine rings is 1. The van der Waals surface area contributed by atoms with Crippen molar-refractivity contribution in [3.05, 3.63) is 33.1 Å². The summed E-state index contributed by atoms with van der Waals surface area (Å²) in [4.78, 5) is 27.9. The quantitative estimate of drug-likeness (QED) is 0.841. The number of fused-ring (bicyclic) bond motifs is 1. The van der Waals surface area contributed by atoms with E-state index < -0.39 is 21.3 Å². The Morgan fingerprint density at radius 3 is 2.52 bits per heavy atom. The fraction of sp³-hybridized carbons (Fsp3) is 0.417. The van der Waals surface area contributed by atoms with Crippen molar-refractivity contribution >= 4 is 26.7 Å². The van der Waals surface area contributed by atoms with E-state index in [1.54, 1.807) is 6.92 Å². The van der Waals surface area contributed by atoms with Gasteiger partial charge in [-0.15, -0.1) is 0 Å². The first kappa shape index (κ1) is 15.2. The SMILES string of the molecule is CCCS(=O)(=O)Nc1cnc2c(c1)c(=O)n(C)c(=O)n2C. The second kappa shape index (κ2) is 5.32. The summed E-state index contributed by atoms with van der Waals surface area (Å²) in [6.45, 7) is 1.75. The highest BCUT2D eigenvalue weighted by molar-refractivity contribution is 7.92. The van der Waals surface area contributed by atoms with Gasteiger partial charge in [-0.3, -0.25) is 18.7 Å². The van der Waals surface area contributed by atoms with Crippen LogP contribution in [0.2, 0.25) is 0 Å². The molecule has 9 heteroatoms. The first-order valence-electron chi connectivity index (χ1n) is 6.33. The minimum atomic E-state index is -3.46. The smallest absolute Gasteiger partial charge is 0.282 e. The summed E-state index contributed by atoms with van der Waals surface area (Å²) in [6.07, 6.45) is 1.76. The van der Waals surface area contributed by atoms with Gasteiger partial charge in [0.1, 0.15) is 5.65 Å². The molecule has 2 heterocycles. The highest BCUT2D eigenvalue weighted by Crippen LogP contribution is 2.13. The van der Waals surface area contributed by atoms with Crippen LogP contribution in [0.4, 0.5) is 5.69 Å². The van der Waals surface area contributed by atoms with Crippen LogP contribution in [-0.4, -0.2) is 28.3 Å². The van der Waals surface area contributed by atoms with Gasteiger partial charge in [0.2, 0.25) is 10.0 Å². The summed E-state index contributed by atoms with van der Waals surface area (Å²) in [5.74, 6) is -0.0175. The van der Waals surface area contributed by atoms with E-state index in [1.807, 2.05) is 0 Å². The molecule has 2 aromatic rings. The number of hydrogen-bond donors (Lipinski definition) is 1. The van der Waals surface area contributed by atoms with Crippen LogP contribution in [0.5, 0.6) is 0 Å². The topological polar surface area (TPSA) is 103 Å². The van der Waals surface area contributed by atoms with Crippen molar-refractivity contribution in [1.29, 1.82) is 0 Å². The third kappa shape index (κ3) is 2.82. The molecule has 0 atom stereocenters. The third-order valence-electron chi connectivity index (χ3n) is 3.04. The molecule has 0 unspecified atom stereocenters. The number of aromatic nitrogens is 3. The van der Waals surface area contributed by atoms with E-state index in [-0.39, 0.29) is 22.5 Å². The summed E-state index contributed by atoms with van der Waals surface area (Å²) in [5.41, 5.74) is -0.593. The molecule has 0 saturated carbocycles. The van der Waals surface area contributed by atoms with E-state index in [4.69, 9.17) is 0 Å². The molecular formula is C12H16N4O4S. The molecule has 1 N–H and O–H groups in total. The van der Waals surface area contributed by atoms with E-state index in [2.05, 4.69) is 9.71 Å². The predicted octanol–water partition coefficient (Wildman–Crippen LogP) is -0.216. The molecular weight excluding hydrogens is 296 g/mol. The minimum Gasteiger partial charge on any atom is -0.282 e. The lowest BCUT2D eigenvalue weighted by atomic mass is 10.3. The molecule has 0 aliphatic rings. The zero-order valence-corrected chi connectivity index (χ0v) is 12.8. The number of aryl methyl sites for hydroxylation is 1. The summed E-state index contributed by atoms with van der Waals surface area (Å²) >= 11 is 0. The average Bonchev–Trinajstić information content (AvgIpc) is 2.42. The van der Waals surface area contributed by atoms with Crippen molar-refractivity contribution in [3.8, 4) is 0 Å². The van der Waals surface area contributed by atoms with Gasteiger partial charge in [-0.1, -0.05) is 6.92 Å². The first-order valence-corrected chi connectivity index (χ1v) is 7.98. The Balaban J connectivity index is 2.63. The van der Waals surface area contributed by atoms with E-state index in [0.717, 1.165) is 4.57 Å². The van der Waals surface area contributed by atoms with Gasteiger partial charge in [0.05, 0.1) is 23.0 Å². The Labute approximate surface area is 121 Å². The maximum absolute atomic E-state index is 12.1. The molecule has 2 aromatic heterocycles. The van der Waals surface area contributed by atoms with Crippen LogP contribution in [0, 0.1) is 0 Å². The van der Waals surface area contributed by atoms with Crippen LogP contribution in [0.3, 0.4) is 0 Å². The summed E-state index contributed by atoms with van der Waals surface area (Å²) < 4.78 is 28.0. The Bertz CT molecular complexity index is 911. The van der Waals surface area contributed by atoms with Crippen molar-refractivity contribution in [2.75, 3.05) is 10.5 Å². The van der Waals surface area contributed by atoms with Gasteiger partial charge in [0.25, 0.3) is 5.56 Å². The normalized spacial score (nSPS) is 11.8. The van der Waals surface area contributed by atoms with Gasteiger partial charge >= 0.3 is 5.69 Å². The first-order chi connectivity index (χ1) is 9.76. The Morgan fingerprint density at radius 1 is 1.24 bits per heavy atom. The van der Waals surface area contributed by atoms with Gasteiger partial charge in [0, 0.05) is 14.1 Å². The molecule has 0 saturated heterocycles. The van der Waals surface area contributed by atoms with Gasteiger partial charge in [-0.25, -0.2) is 18.2 Å². The van der Waals surface area contributed by atoms with Crippen molar-refractivity contribution in [2.45, 2.75) is 13.3 Å². The van der Waals surface area contributed by atoms with E-state index in [0.29, 0.717) is 6.42 Å². The number of nitrogens with one attached hydrogen (secondary N) is 1. The molecule has 8 nitrogen and oxygen atoms in total. The Morgan fingerprint density at radius 2 is 1.90 bits per heavy atom. The molecule has 0 aliphatic heterocycles. The largest absolute Gasteiger partial charge is 0.332 e. The van der Waals surface area contributed by atoms with Crippen molar-refractivity contribution in [3.63, 3.8) is 0 Å². The molecule has 21 heavy (non-hydrogen) atoms. The molecule has 0 radical (unpaired) electrons. The van der Waals surface area contributed by atoms with Crippen LogP contribution >= 0.6 is 0 Å². The van der Waals surface area contributed by atoms with Crippen molar-refractivity contribution in [2.24, 2.45) is 14.1 Å². The Hall–Kier alpha value is -2.16. The fourth-order valence-electron chi connectivity index (χ4n) is 2.02. The molecule has 0 fully saturated rings. The van der Waals surface area contributed by atoms with Crippen LogP contribution in [0.15, 0.2) is 21.9 Å². The molecule has 0 aliphatic carbocycles. The number of sulfonamides is 1. The maximum Gasteiger partial charge on any atom is 0.332 e. The van der Waals surface area contributed by atoms with Crippen LogP contribution in [0.1, 0.15) is 13.3 Å². The van der Waals surface area contributed by atoms with Gasteiger partial charge in [-0.2, -0.15) is 0 Å². The van der Waals surface area contributed by atoms with Crippen LogP contribution in [-0.2, 0) is 24.1 Å². The van der Waals surface area contributed by atoms with Gasteiger partial charge in [-0.05, 0) is 12.5 Å². The van der Waals surface area contributed by atoms with E-state index in [1.165, 1.54) is 30.9 Å². The highest BCUT2D eigenvalue weighted by Gasteiger charge is 2.13. The van der Waals surface area contributed by atoms with E-state index in [9.17, 15) is 18.0 Å². The lowest BCUT2D eigenvalue weighted by molar-refractivity contribution is 0.600. The predicted molar refractivity (Wildman–Crippen MR) is 79.9 cm³/mol. The maximum atomic E-state index is 12.1. The average molecular weight is 312 g/mol. The molecule has 2 rings (SSSR count). The summed E-state index contributed by atoms with van der Waals surface area (Å²) in [6, 6.07) is 1.39. The number of nitrogens with zero attached hydrogens (tertiary/aromatic N) is 3. The van der Waals surface area contributed by atoms with Crippen molar-refractivity contribution in [1.82, 2.24) is 14.1 Å². The highest BCUT2D eigenvalue weighted by atomic mass is 32.2. The molecule has 114 valence electrons. The lowest BCUT2D eigenvalue weighted by Crippen LogP contribution is -2.37. The molecule has 0 aromatic carbocycles. The molecule has 0 spiro atoms. The molecule has 0 amide bonds. The van der Waals surface area contributed by atoms with Crippen LogP contribution < -0.4 is 16.0 Å². The lowest BCUT2D eigenvalue weighted by Gasteiger charge is -2.09. The van der Waals surface area contributed by atoms with Gasteiger partial charge in [0.15, 0.2) is 0 Å². The third-order valence-corrected chi connectivity index (χ3v) is 4.53. The van der Waals surface area contributed by atoms with Crippen molar-refractivity contribution < 1.29 is 8.42 Å². The standard InChI is InChI=1S/C12H16N4O4S/c1-4-5-21(19,20)14-8-6-9-10(13-7-8)15(2)12(18)16(3)11(9)17/h6-7,14H,4-5H2,1-3H3. The zero-order chi connectivity index (χ0) is 15.8. The number of anilines is 1.